The molecule has 2 aliphatic rings. The van der Waals surface area contributed by atoms with Crippen LogP contribution in [0.2, 0.25) is 0 Å². The van der Waals surface area contributed by atoms with E-state index in [9.17, 15) is 9.59 Å². The number of fused-ring (bicyclic) bond motifs is 2. The van der Waals surface area contributed by atoms with Gasteiger partial charge in [0.1, 0.15) is 11.0 Å². The number of rotatable bonds is 4. The van der Waals surface area contributed by atoms with Crippen LogP contribution in [0.25, 0.3) is 16.6 Å². The Hall–Kier alpha value is -2.86. The van der Waals surface area contributed by atoms with Crippen LogP contribution in [-0.2, 0) is 12.0 Å². The summed E-state index contributed by atoms with van der Waals surface area (Å²) in [4.78, 5) is 24.7. The number of carbonyl (C=O) groups is 1. The highest BCUT2D eigenvalue weighted by Crippen LogP contribution is 2.53. The van der Waals surface area contributed by atoms with Crippen molar-refractivity contribution in [2.45, 2.75) is 92.5 Å². The molecule has 1 aliphatic heterocycles. The lowest BCUT2D eigenvalue weighted by atomic mass is 9.90. The Bertz CT molecular complexity index is 1280. The Morgan fingerprint density at radius 1 is 1.14 bits per heavy atom. The van der Waals surface area contributed by atoms with E-state index in [0.29, 0.717) is 0 Å². The van der Waals surface area contributed by atoms with Crippen molar-refractivity contribution in [1.29, 1.82) is 0 Å². The van der Waals surface area contributed by atoms with Gasteiger partial charge >= 0.3 is 0 Å². The molecule has 5 rings (SSSR count). The first-order valence-electron chi connectivity index (χ1n) is 13.7. The second kappa shape index (κ2) is 14.2. The van der Waals surface area contributed by atoms with E-state index in [1.807, 2.05) is 33.8 Å². The van der Waals surface area contributed by atoms with Gasteiger partial charge in [0.15, 0.2) is 11.2 Å². The number of allylic oxidation sites excluding steroid dienone is 3. The first-order chi connectivity index (χ1) is 17.8. The van der Waals surface area contributed by atoms with Crippen LogP contribution in [0.4, 0.5) is 0 Å². The number of pyridine rings is 1. The predicted molar refractivity (Wildman–Crippen MR) is 161 cm³/mol. The van der Waals surface area contributed by atoms with Crippen molar-refractivity contribution < 1.29 is 6.22 Å². The van der Waals surface area contributed by atoms with Crippen LogP contribution in [0.5, 0.6) is 0 Å². The van der Waals surface area contributed by atoms with Crippen LogP contribution in [0.15, 0.2) is 54.0 Å². The van der Waals surface area contributed by atoms with Crippen molar-refractivity contribution in [3.63, 3.8) is 0 Å². The molecular weight excluding hydrogens is 478 g/mol. The Morgan fingerprint density at radius 2 is 1.81 bits per heavy atom. The van der Waals surface area contributed by atoms with Gasteiger partial charge in [-0.15, -0.1) is 0 Å². The van der Waals surface area contributed by atoms with Crippen LogP contribution >= 0.6 is 11.7 Å². The van der Waals surface area contributed by atoms with Gasteiger partial charge in [0.05, 0.1) is 17.3 Å². The summed E-state index contributed by atoms with van der Waals surface area (Å²) in [6.45, 7) is 18.8. The van der Waals surface area contributed by atoms with Crippen LogP contribution in [0, 0.1) is 5.92 Å². The summed E-state index contributed by atoms with van der Waals surface area (Å²) >= 11 is 1.25. The molecule has 3 aromatic rings. The molecule has 3 heterocycles. The van der Waals surface area contributed by atoms with Crippen LogP contribution in [-0.4, -0.2) is 19.1 Å². The second-order valence-electron chi connectivity index (χ2n) is 9.65. The number of hydrogen-bond acceptors (Lipinski definition) is 5. The molecule has 1 aromatic carbocycles. The predicted octanol–water partition coefficient (Wildman–Crippen LogP) is 8.48. The van der Waals surface area contributed by atoms with Crippen molar-refractivity contribution in [2.24, 2.45) is 5.92 Å². The first kappa shape index (κ1) is 30.4. The lowest BCUT2D eigenvalue weighted by Crippen LogP contribution is -2.19. The summed E-state index contributed by atoms with van der Waals surface area (Å²) in [5, 5.41) is 0. The average Bonchev–Trinajstić information content (AvgIpc) is 3.57. The Labute approximate surface area is 228 Å². The zero-order chi connectivity index (χ0) is 27.6. The van der Waals surface area contributed by atoms with Gasteiger partial charge in [0.2, 0.25) is 0 Å². The van der Waals surface area contributed by atoms with E-state index in [0.717, 1.165) is 61.3 Å². The van der Waals surface area contributed by atoms with Gasteiger partial charge in [-0.3, -0.25) is 9.59 Å². The monoisotopic (exact) mass is 523 g/mol. The molecule has 0 N–H and O–H groups in total. The third-order valence-corrected chi connectivity index (χ3v) is 6.61. The summed E-state index contributed by atoms with van der Waals surface area (Å²) in [5.41, 5.74) is 5.22. The molecule has 0 spiro atoms. The van der Waals surface area contributed by atoms with Gasteiger partial charge in [-0.1, -0.05) is 73.3 Å². The zero-order valence-electron chi connectivity index (χ0n) is 23.6. The molecule has 2 aromatic heterocycles. The van der Waals surface area contributed by atoms with Crippen LogP contribution in [0.1, 0.15) is 104 Å². The Kier molecular flexibility index (Phi) is 11.6. The number of hydrogen-bond donors (Lipinski definition) is 0. The average molecular weight is 524 g/mol. The summed E-state index contributed by atoms with van der Waals surface area (Å²) < 4.78 is 11.0. The molecule has 6 heteroatoms. The lowest BCUT2D eigenvalue weighted by Gasteiger charge is -2.17. The van der Waals surface area contributed by atoms with Gasteiger partial charge in [-0.05, 0) is 61.3 Å². The number of nitrogens with zero attached hydrogens (tertiary/aromatic N) is 3. The molecule has 202 valence electrons. The highest BCUT2D eigenvalue weighted by molar-refractivity contribution is 7.00. The fraction of sp³-hybridized carbons (Fsp3) is 0.484. The van der Waals surface area contributed by atoms with Gasteiger partial charge in [-0.2, -0.15) is 8.75 Å². The molecule has 0 radical (unpaired) electrons. The maximum atomic E-state index is 12.6. The molecule has 1 fully saturated rings. The smallest absolute Gasteiger partial charge is 0.193 e. The maximum absolute atomic E-state index is 12.6. The highest BCUT2D eigenvalue weighted by atomic mass is 32.1. The molecule has 37 heavy (non-hydrogen) atoms. The van der Waals surface area contributed by atoms with Crippen LogP contribution in [0.3, 0.4) is 0 Å². The number of aromatic nitrogens is 3. The van der Waals surface area contributed by atoms with E-state index < -0.39 is 0 Å². The number of carbonyl (C=O) groups excluding carboxylic acids is 1. The number of aryl methyl sites for hydroxylation is 1. The number of benzene rings is 1. The third-order valence-electron chi connectivity index (χ3n) is 6.06. The van der Waals surface area contributed by atoms with E-state index in [1.165, 1.54) is 28.9 Å². The van der Waals surface area contributed by atoms with Crippen molar-refractivity contribution in [3.8, 4) is 0 Å². The largest absolute Gasteiger partial charge is 0.347 e. The second-order valence-corrected chi connectivity index (χ2v) is 10.2. The van der Waals surface area contributed by atoms with Gasteiger partial charge in [0, 0.05) is 31.3 Å². The minimum Gasteiger partial charge on any atom is -0.347 e. The molecule has 0 bridgehead atoms. The van der Waals surface area contributed by atoms with Gasteiger partial charge in [0.25, 0.3) is 0 Å². The molecule has 0 amide bonds. The topological polar surface area (TPSA) is 64.8 Å². The fourth-order valence-corrected chi connectivity index (χ4v) is 4.92. The van der Waals surface area contributed by atoms with Gasteiger partial charge < -0.3 is 4.57 Å². The summed E-state index contributed by atoms with van der Waals surface area (Å²) in [7, 11) is 0. The van der Waals surface area contributed by atoms with E-state index in [2.05, 4.69) is 58.9 Å². The maximum Gasteiger partial charge on any atom is 0.193 e. The minimum atomic E-state index is -0.318. The van der Waals surface area contributed by atoms with Crippen LogP contribution < -0.4 is 5.43 Å². The summed E-state index contributed by atoms with van der Waals surface area (Å²) in [5.74, 6) is 0.515. The Morgan fingerprint density at radius 3 is 2.43 bits per heavy atom. The van der Waals surface area contributed by atoms with Crippen molar-refractivity contribution >= 4 is 34.1 Å². The Balaban J connectivity index is 0.000000724. The number of ketones is 1. The minimum absolute atomic E-state index is 0. The van der Waals surface area contributed by atoms with Crippen molar-refractivity contribution in [2.75, 3.05) is 0 Å². The SMILES string of the molecule is C=CC(=O)c1cn2c(cc1=O)/C(=C/C1(c3cccc4nsnc34)CC1)CCCC2.CC.CC.CC(C)C.[HH]. The van der Waals surface area contributed by atoms with E-state index in [-0.39, 0.29) is 23.6 Å². The molecule has 0 atom stereocenters. The molecule has 5 nitrogen and oxygen atoms in total. The van der Waals surface area contributed by atoms with E-state index in [1.54, 1.807) is 12.3 Å². The quantitative estimate of drug-likeness (QED) is 0.254. The lowest BCUT2D eigenvalue weighted by molar-refractivity contribution is 0.104. The zero-order valence-corrected chi connectivity index (χ0v) is 24.5. The van der Waals surface area contributed by atoms with E-state index in [4.69, 9.17) is 0 Å². The molecular formula is C31H45N3O2S. The third kappa shape index (κ3) is 7.35. The standard InChI is InChI=1S/C23H21N3O2S.C4H10.2C2H6.H2/c1-2-20(27)16-14-26-11-4-3-6-15(19(26)12-21(16)28)13-23(9-10-23)17-7-5-8-18-22(17)25-29-24-18;1-4(2)3;2*1-2;/h2,5,7-8,12-14H,1,3-4,6,9-11H2;4H,1-3H3;2*1-2H3;1H/b15-13+;;;;. The van der Waals surface area contributed by atoms with Crippen molar-refractivity contribution in [1.82, 2.24) is 13.3 Å². The first-order valence-corrected chi connectivity index (χ1v) is 14.4. The van der Waals surface area contributed by atoms with Crippen molar-refractivity contribution in [3.05, 3.63) is 76.2 Å². The van der Waals surface area contributed by atoms with Gasteiger partial charge in [-0.25, -0.2) is 0 Å². The molecule has 1 saturated carbocycles. The normalized spacial score (nSPS) is 16.2. The fourth-order valence-electron chi connectivity index (χ4n) is 4.37. The van der Waals surface area contributed by atoms with E-state index >= 15 is 0 Å². The molecule has 0 saturated heterocycles. The summed E-state index contributed by atoms with van der Waals surface area (Å²) in [6.07, 6.45) is 10.4. The highest BCUT2D eigenvalue weighted by Gasteiger charge is 2.44. The molecule has 1 aliphatic carbocycles. The summed E-state index contributed by atoms with van der Waals surface area (Å²) in [6, 6.07) is 7.85. The molecule has 0 unspecified atom stereocenters.